The Morgan fingerprint density at radius 3 is 2.47 bits per heavy atom. The Morgan fingerprint density at radius 1 is 1.24 bits per heavy atom. The van der Waals surface area contributed by atoms with Crippen molar-refractivity contribution in [3.8, 4) is 11.5 Å². The summed E-state index contributed by atoms with van der Waals surface area (Å²) < 4.78 is 10.7. The molecule has 0 spiro atoms. The van der Waals surface area contributed by atoms with Crippen LogP contribution >= 0.6 is 11.6 Å². The minimum absolute atomic E-state index is 0.356. The molecule has 0 amide bonds. The molecule has 0 heterocycles. The molecule has 1 aromatic carbocycles. The van der Waals surface area contributed by atoms with E-state index in [-0.39, 0.29) is 0 Å². The van der Waals surface area contributed by atoms with Gasteiger partial charge in [-0.2, -0.15) is 0 Å². The average molecular weight is 255 g/mol. The highest BCUT2D eigenvalue weighted by atomic mass is 35.5. The van der Waals surface area contributed by atoms with E-state index < -0.39 is 0 Å². The highest BCUT2D eigenvalue weighted by Crippen LogP contribution is 2.37. The second-order valence-electron chi connectivity index (χ2n) is 4.52. The lowest BCUT2D eigenvalue weighted by Crippen LogP contribution is -2.05. The van der Waals surface area contributed by atoms with Crippen molar-refractivity contribution in [1.29, 1.82) is 0 Å². The minimum atomic E-state index is 0.356. The summed E-state index contributed by atoms with van der Waals surface area (Å²) >= 11 is 6.23. The quantitative estimate of drug-likeness (QED) is 0.543. The summed E-state index contributed by atoms with van der Waals surface area (Å²) in [6.45, 7) is 0.738. The Kier molecular flexibility index (Phi) is 4.55. The Bertz CT molecular complexity index is 333. The van der Waals surface area contributed by atoms with Crippen molar-refractivity contribution in [3.05, 3.63) is 24.3 Å². The third-order valence-corrected chi connectivity index (χ3v) is 3.66. The lowest BCUT2D eigenvalue weighted by molar-refractivity contribution is 0.304. The summed E-state index contributed by atoms with van der Waals surface area (Å²) in [5, 5.41) is 0.356. The fraction of sp³-hybridized carbons (Fsp3) is 0.571. The van der Waals surface area contributed by atoms with E-state index in [4.69, 9.17) is 21.1 Å². The van der Waals surface area contributed by atoms with Crippen LogP contribution in [0.1, 0.15) is 25.7 Å². The zero-order valence-electron chi connectivity index (χ0n) is 10.2. The van der Waals surface area contributed by atoms with E-state index in [9.17, 15) is 0 Å². The fourth-order valence-corrected chi connectivity index (χ4v) is 2.24. The standard InChI is InChI=1S/C14H19ClO2/c1-16-12-6-8-13(9-7-12)17-10-2-3-14(15)11-4-5-11/h6-9,11,14H,2-5,10H2,1H3. The summed E-state index contributed by atoms with van der Waals surface area (Å²) in [7, 11) is 1.66. The van der Waals surface area contributed by atoms with Crippen LogP contribution in [0, 0.1) is 5.92 Å². The molecule has 2 nitrogen and oxygen atoms in total. The number of hydrogen-bond acceptors (Lipinski definition) is 2. The molecule has 1 aromatic rings. The molecule has 17 heavy (non-hydrogen) atoms. The maximum atomic E-state index is 6.23. The predicted octanol–water partition coefficient (Wildman–Crippen LogP) is 3.87. The van der Waals surface area contributed by atoms with Gasteiger partial charge in [0.1, 0.15) is 11.5 Å². The first-order valence-electron chi connectivity index (χ1n) is 6.20. The first kappa shape index (κ1) is 12.6. The van der Waals surface area contributed by atoms with Crippen LogP contribution in [-0.4, -0.2) is 19.1 Å². The van der Waals surface area contributed by atoms with E-state index in [2.05, 4.69) is 0 Å². The molecule has 1 aliphatic rings. The molecule has 0 aromatic heterocycles. The van der Waals surface area contributed by atoms with Gasteiger partial charge in [0.2, 0.25) is 0 Å². The molecule has 94 valence electrons. The van der Waals surface area contributed by atoms with E-state index in [1.165, 1.54) is 12.8 Å². The van der Waals surface area contributed by atoms with E-state index in [0.29, 0.717) is 5.38 Å². The third-order valence-electron chi connectivity index (χ3n) is 3.09. The van der Waals surface area contributed by atoms with Gasteiger partial charge >= 0.3 is 0 Å². The fourth-order valence-electron chi connectivity index (χ4n) is 1.83. The zero-order chi connectivity index (χ0) is 12.1. The zero-order valence-corrected chi connectivity index (χ0v) is 11.0. The molecule has 3 heteroatoms. The van der Waals surface area contributed by atoms with E-state index in [1.54, 1.807) is 7.11 Å². The summed E-state index contributed by atoms with van der Waals surface area (Å²) in [6, 6.07) is 7.67. The Labute approximate surface area is 108 Å². The smallest absolute Gasteiger partial charge is 0.119 e. The topological polar surface area (TPSA) is 18.5 Å². The van der Waals surface area contributed by atoms with Gasteiger partial charge in [-0.05, 0) is 55.9 Å². The predicted molar refractivity (Wildman–Crippen MR) is 70.1 cm³/mol. The second kappa shape index (κ2) is 6.15. The minimum Gasteiger partial charge on any atom is -0.497 e. The second-order valence-corrected chi connectivity index (χ2v) is 5.08. The SMILES string of the molecule is COc1ccc(OCCCC(Cl)C2CC2)cc1. The lowest BCUT2D eigenvalue weighted by Gasteiger charge is -2.09. The molecule has 1 unspecified atom stereocenters. The maximum absolute atomic E-state index is 6.23. The van der Waals surface area contributed by atoms with Gasteiger partial charge < -0.3 is 9.47 Å². The molecular weight excluding hydrogens is 236 g/mol. The van der Waals surface area contributed by atoms with Gasteiger partial charge in [-0.3, -0.25) is 0 Å². The van der Waals surface area contributed by atoms with Gasteiger partial charge in [-0.15, -0.1) is 11.6 Å². The number of hydrogen-bond donors (Lipinski definition) is 0. The molecule has 0 saturated heterocycles. The highest BCUT2D eigenvalue weighted by molar-refractivity contribution is 6.20. The molecule has 1 aliphatic carbocycles. The number of benzene rings is 1. The third kappa shape index (κ3) is 4.12. The van der Waals surface area contributed by atoms with Crippen molar-refractivity contribution in [3.63, 3.8) is 0 Å². The molecule has 0 radical (unpaired) electrons. The molecule has 0 N–H and O–H groups in total. The molecule has 0 aliphatic heterocycles. The molecule has 0 bridgehead atoms. The van der Waals surface area contributed by atoms with E-state index >= 15 is 0 Å². The van der Waals surface area contributed by atoms with Crippen LogP contribution in [0.5, 0.6) is 11.5 Å². The van der Waals surface area contributed by atoms with Crippen molar-refractivity contribution in [2.75, 3.05) is 13.7 Å². The molecule has 1 saturated carbocycles. The average Bonchev–Trinajstić information content (AvgIpc) is 3.19. The first-order chi connectivity index (χ1) is 8.29. The van der Waals surface area contributed by atoms with Crippen molar-refractivity contribution in [2.45, 2.75) is 31.1 Å². The van der Waals surface area contributed by atoms with Crippen molar-refractivity contribution in [1.82, 2.24) is 0 Å². The molecule has 1 atom stereocenters. The largest absolute Gasteiger partial charge is 0.497 e. The monoisotopic (exact) mass is 254 g/mol. The van der Waals surface area contributed by atoms with Crippen molar-refractivity contribution < 1.29 is 9.47 Å². The normalized spacial score (nSPS) is 16.6. The molecule has 2 rings (SSSR count). The summed E-state index contributed by atoms with van der Waals surface area (Å²) in [4.78, 5) is 0. The Balaban J connectivity index is 1.63. The van der Waals surface area contributed by atoms with Gasteiger partial charge in [0.15, 0.2) is 0 Å². The lowest BCUT2D eigenvalue weighted by atomic mass is 10.2. The van der Waals surface area contributed by atoms with Crippen LogP contribution in [-0.2, 0) is 0 Å². The van der Waals surface area contributed by atoms with Gasteiger partial charge in [0.25, 0.3) is 0 Å². The Morgan fingerprint density at radius 2 is 1.88 bits per heavy atom. The molecule has 1 fully saturated rings. The number of methoxy groups -OCH3 is 1. The van der Waals surface area contributed by atoms with E-state index in [1.807, 2.05) is 24.3 Å². The van der Waals surface area contributed by atoms with Gasteiger partial charge in [0, 0.05) is 5.38 Å². The van der Waals surface area contributed by atoms with Gasteiger partial charge in [-0.1, -0.05) is 0 Å². The number of rotatable bonds is 7. The van der Waals surface area contributed by atoms with Crippen LogP contribution in [0.4, 0.5) is 0 Å². The van der Waals surface area contributed by atoms with Crippen molar-refractivity contribution in [2.24, 2.45) is 5.92 Å². The van der Waals surface area contributed by atoms with Gasteiger partial charge in [-0.25, -0.2) is 0 Å². The maximum Gasteiger partial charge on any atom is 0.119 e. The molecular formula is C14H19ClO2. The summed E-state index contributed by atoms with van der Waals surface area (Å²) in [6.07, 6.45) is 4.71. The first-order valence-corrected chi connectivity index (χ1v) is 6.64. The number of halogens is 1. The summed E-state index contributed by atoms with van der Waals surface area (Å²) in [5.41, 5.74) is 0. The Hall–Kier alpha value is -0.890. The van der Waals surface area contributed by atoms with Crippen molar-refractivity contribution >= 4 is 11.6 Å². The summed E-state index contributed by atoms with van der Waals surface area (Å²) in [5.74, 6) is 2.52. The number of ether oxygens (including phenoxy) is 2. The van der Waals surface area contributed by atoms with Crippen LogP contribution in [0.2, 0.25) is 0 Å². The van der Waals surface area contributed by atoms with E-state index in [0.717, 1.165) is 36.9 Å². The van der Waals surface area contributed by atoms with Crippen LogP contribution in [0.15, 0.2) is 24.3 Å². The van der Waals surface area contributed by atoms with Gasteiger partial charge in [0.05, 0.1) is 13.7 Å². The van der Waals surface area contributed by atoms with Crippen LogP contribution in [0.25, 0.3) is 0 Å². The number of alkyl halides is 1. The van der Waals surface area contributed by atoms with Crippen LogP contribution < -0.4 is 9.47 Å². The highest BCUT2D eigenvalue weighted by Gasteiger charge is 2.28. The van der Waals surface area contributed by atoms with Crippen LogP contribution in [0.3, 0.4) is 0 Å².